The Hall–Kier alpha value is -4.69. The van der Waals surface area contributed by atoms with Gasteiger partial charge in [-0.25, -0.2) is 4.39 Å². The zero-order valence-electron chi connectivity index (χ0n) is 21.1. The van der Waals surface area contributed by atoms with Crippen molar-refractivity contribution in [2.75, 3.05) is 16.4 Å². The summed E-state index contributed by atoms with van der Waals surface area (Å²) >= 11 is 1.28. The van der Waals surface area contributed by atoms with Crippen molar-refractivity contribution in [2.24, 2.45) is 0 Å². The molecule has 3 N–H and O–H groups in total. The monoisotopic (exact) mass is 539 g/mol. The van der Waals surface area contributed by atoms with Gasteiger partial charge in [0, 0.05) is 16.1 Å². The van der Waals surface area contributed by atoms with Crippen molar-refractivity contribution < 1.29 is 18.8 Å². The van der Waals surface area contributed by atoms with Crippen LogP contribution in [0.2, 0.25) is 0 Å². The lowest BCUT2D eigenvalue weighted by Crippen LogP contribution is -2.30. The third-order valence-electron chi connectivity index (χ3n) is 5.51. The quantitative estimate of drug-likeness (QED) is 0.173. The number of benzene rings is 4. The van der Waals surface area contributed by atoms with Crippen molar-refractivity contribution in [2.45, 2.75) is 11.8 Å². The van der Waals surface area contributed by atoms with Crippen molar-refractivity contribution >= 4 is 46.9 Å². The lowest BCUT2D eigenvalue weighted by atomic mass is 10.1. The summed E-state index contributed by atoms with van der Waals surface area (Å²) in [6.07, 6.45) is 1.63. The summed E-state index contributed by atoms with van der Waals surface area (Å²) in [6, 6.07) is 29.2. The highest BCUT2D eigenvalue weighted by Gasteiger charge is 2.15. The summed E-state index contributed by atoms with van der Waals surface area (Å²) in [5.41, 5.74) is 2.97. The molecule has 0 aromatic heterocycles. The highest BCUT2D eigenvalue weighted by atomic mass is 32.2. The van der Waals surface area contributed by atoms with E-state index in [0.717, 1.165) is 16.0 Å². The normalized spacial score (nSPS) is 11.0. The van der Waals surface area contributed by atoms with Gasteiger partial charge < -0.3 is 16.0 Å². The first kappa shape index (κ1) is 27.3. The molecule has 6 nitrogen and oxygen atoms in total. The number of rotatable bonds is 9. The first-order valence-electron chi connectivity index (χ1n) is 12.1. The van der Waals surface area contributed by atoms with Gasteiger partial charge in [-0.05, 0) is 67.1 Å². The molecule has 0 radical (unpaired) electrons. The van der Waals surface area contributed by atoms with Gasteiger partial charge in [0.15, 0.2) is 0 Å². The smallest absolute Gasteiger partial charge is 0.272 e. The lowest BCUT2D eigenvalue weighted by molar-refractivity contribution is -0.114. The average molecular weight is 540 g/mol. The molecule has 196 valence electrons. The number of hydrogen-bond donors (Lipinski definition) is 3. The molecular formula is C31H26FN3O3S. The maximum absolute atomic E-state index is 13.7. The second-order valence-corrected chi connectivity index (χ2v) is 9.64. The molecule has 0 aliphatic carbocycles. The number of hydrogen-bond acceptors (Lipinski definition) is 4. The summed E-state index contributed by atoms with van der Waals surface area (Å²) in [5.74, 6) is -1.61. The largest absolute Gasteiger partial charge is 0.323 e. The first-order chi connectivity index (χ1) is 18.9. The standard InChI is InChI=1S/C31H26FN3O3S/c1-21-8-7-9-22(18-21)19-28(35-30(37)23-10-3-2-4-11-23)31(38)33-24-14-16-25(17-15-24)39-20-29(36)34-27-13-6-5-12-26(27)32/h2-19H,20H2,1H3,(H,33,38)(H,34,36)(H,35,37)/b28-19-. The van der Waals surface area contributed by atoms with Crippen molar-refractivity contribution in [1.82, 2.24) is 5.32 Å². The first-order valence-corrected chi connectivity index (χ1v) is 13.1. The third kappa shape index (κ3) is 8.15. The van der Waals surface area contributed by atoms with Gasteiger partial charge in [0.1, 0.15) is 11.5 Å². The molecule has 0 aliphatic rings. The molecule has 0 saturated heterocycles. The number of aryl methyl sites for hydroxylation is 1. The number of nitrogens with one attached hydrogen (secondary N) is 3. The van der Waals surface area contributed by atoms with Crippen molar-refractivity contribution in [3.63, 3.8) is 0 Å². The van der Waals surface area contributed by atoms with Crippen LogP contribution in [0.25, 0.3) is 6.08 Å². The Morgan fingerprint density at radius 3 is 2.26 bits per heavy atom. The topological polar surface area (TPSA) is 87.3 Å². The van der Waals surface area contributed by atoms with Gasteiger partial charge in [0.2, 0.25) is 5.91 Å². The molecule has 0 saturated carbocycles. The van der Waals surface area contributed by atoms with E-state index in [9.17, 15) is 18.8 Å². The highest BCUT2D eigenvalue weighted by Crippen LogP contribution is 2.22. The predicted octanol–water partition coefficient (Wildman–Crippen LogP) is 6.27. The van der Waals surface area contributed by atoms with Gasteiger partial charge in [0.05, 0.1) is 11.4 Å². The maximum atomic E-state index is 13.7. The van der Waals surface area contributed by atoms with Gasteiger partial charge in [-0.3, -0.25) is 14.4 Å². The van der Waals surface area contributed by atoms with Crippen molar-refractivity contribution in [3.05, 3.63) is 131 Å². The maximum Gasteiger partial charge on any atom is 0.272 e. The van der Waals surface area contributed by atoms with Crippen LogP contribution in [0.1, 0.15) is 21.5 Å². The van der Waals surface area contributed by atoms with E-state index in [1.807, 2.05) is 37.3 Å². The second-order valence-electron chi connectivity index (χ2n) is 8.59. The minimum Gasteiger partial charge on any atom is -0.323 e. The Morgan fingerprint density at radius 1 is 0.821 bits per heavy atom. The molecule has 0 fully saturated rings. The molecule has 8 heteroatoms. The summed E-state index contributed by atoms with van der Waals surface area (Å²) in [7, 11) is 0. The van der Waals surface area contributed by atoms with Crippen LogP contribution in [-0.2, 0) is 9.59 Å². The number of carbonyl (C=O) groups is 3. The third-order valence-corrected chi connectivity index (χ3v) is 6.52. The molecule has 3 amide bonds. The molecule has 0 atom stereocenters. The fraction of sp³-hybridized carbons (Fsp3) is 0.0645. The minimum absolute atomic E-state index is 0.0922. The SMILES string of the molecule is Cc1cccc(/C=C(\NC(=O)c2ccccc2)C(=O)Nc2ccc(SCC(=O)Nc3ccccc3F)cc2)c1. The number of halogens is 1. The molecule has 0 aliphatic heterocycles. The van der Waals surface area contributed by atoms with Gasteiger partial charge in [-0.15, -0.1) is 11.8 Å². The summed E-state index contributed by atoms with van der Waals surface area (Å²) in [4.78, 5) is 39.0. The van der Waals surface area contributed by atoms with E-state index >= 15 is 0 Å². The molecule has 39 heavy (non-hydrogen) atoms. The zero-order chi connectivity index (χ0) is 27.6. The van der Waals surface area contributed by atoms with Gasteiger partial charge >= 0.3 is 0 Å². The van der Waals surface area contributed by atoms with Crippen molar-refractivity contribution in [1.29, 1.82) is 0 Å². The van der Waals surface area contributed by atoms with Crippen LogP contribution in [0, 0.1) is 12.7 Å². The summed E-state index contributed by atoms with van der Waals surface area (Å²) in [5, 5.41) is 8.09. The summed E-state index contributed by atoms with van der Waals surface area (Å²) < 4.78 is 13.7. The van der Waals surface area contributed by atoms with Crippen LogP contribution >= 0.6 is 11.8 Å². The molecule has 4 aromatic carbocycles. The van der Waals surface area contributed by atoms with E-state index in [2.05, 4.69) is 16.0 Å². The summed E-state index contributed by atoms with van der Waals surface area (Å²) in [6.45, 7) is 1.95. The molecule has 0 unspecified atom stereocenters. The Kier molecular flexibility index (Phi) is 9.26. The second kappa shape index (κ2) is 13.2. The van der Waals surface area contributed by atoms with Crippen LogP contribution in [0.3, 0.4) is 0 Å². The average Bonchev–Trinajstić information content (AvgIpc) is 2.94. The Morgan fingerprint density at radius 2 is 1.54 bits per heavy atom. The molecule has 4 aromatic rings. The Bertz CT molecular complexity index is 1510. The number of amides is 3. The van der Waals surface area contributed by atoms with Crippen LogP contribution in [0.4, 0.5) is 15.8 Å². The van der Waals surface area contributed by atoms with Crippen LogP contribution in [-0.4, -0.2) is 23.5 Å². The van der Waals surface area contributed by atoms with E-state index in [1.54, 1.807) is 66.7 Å². The van der Waals surface area contributed by atoms with Crippen LogP contribution < -0.4 is 16.0 Å². The predicted molar refractivity (Wildman–Crippen MR) is 154 cm³/mol. The van der Waals surface area contributed by atoms with Gasteiger partial charge in [0.25, 0.3) is 11.8 Å². The lowest BCUT2D eigenvalue weighted by Gasteiger charge is -2.12. The number of thioether (sulfide) groups is 1. The van der Waals surface area contributed by atoms with Crippen LogP contribution in [0.5, 0.6) is 0 Å². The number of para-hydroxylation sites is 1. The molecule has 4 rings (SSSR count). The molecule has 0 bridgehead atoms. The fourth-order valence-corrected chi connectivity index (χ4v) is 4.30. The zero-order valence-corrected chi connectivity index (χ0v) is 21.9. The fourth-order valence-electron chi connectivity index (χ4n) is 3.60. The van der Waals surface area contributed by atoms with Gasteiger partial charge in [-0.2, -0.15) is 0 Å². The van der Waals surface area contributed by atoms with Gasteiger partial charge in [-0.1, -0.05) is 60.2 Å². The van der Waals surface area contributed by atoms with E-state index in [-0.39, 0.29) is 23.0 Å². The molecule has 0 spiro atoms. The Labute approximate surface area is 230 Å². The highest BCUT2D eigenvalue weighted by molar-refractivity contribution is 8.00. The minimum atomic E-state index is -0.494. The number of anilines is 2. The van der Waals surface area contributed by atoms with Crippen LogP contribution in [0.15, 0.2) is 114 Å². The molecular weight excluding hydrogens is 513 g/mol. The van der Waals surface area contributed by atoms with E-state index in [1.165, 1.54) is 23.9 Å². The molecule has 0 heterocycles. The Balaban J connectivity index is 1.41. The van der Waals surface area contributed by atoms with E-state index in [4.69, 9.17) is 0 Å². The van der Waals surface area contributed by atoms with E-state index < -0.39 is 17.6 Å². The number of carbonyl (C=O) groups excluding carboxylic acids is 3. The van der Waals surface area contributed by atoms with Crippen molar-refractivity contribution in [3.8, 4) is 0 Å². The van der Waals surface area contributed by atoms with E-state index in [0.29, 0.717) is 11.3 Å².